The Hall–Kier alpha value is -1.78. The highest BCUT2D eigenvalue weighted by Crippen LogP contribution is 2.20. The highest BCUT2D eigenvalue weighted by molar-refractivity contribution is 8.17. The van der Waals surface area contributed by atoms with Gasteiger partial charge in [0.25, 0.3) is 0 Å². The Morgan fingerprint density at radius 2 is 1.88 bits per heavy atom. The van der Waals surface area contributed by atoms with Gasteiger partial charge in [-0.05, 0) is 49.3 Å². The number of benzene rings is 1. The topological polar surface area (TPSA) is 24.4 Å². The van der Waals surface area contributed by atoms with Crippen LogP contribution in [0.2, 0.25) is 0 Å². The van der Waals surface area contributed by atoms with E-state index in [0.29, 0.717) is 0 Å². The van der Waals surface area contributed by atoms with Gasteiger partial charge in [0.15, 0.2) is 0 Å². The van der Waals surface area contributed by atoms with Gasteiger partial charge in [0.2, 0.25) is 0 Å². The molecule has 4 heteroatoms. The fourth-order valence-corrected chi connectivity index (χ4v) is 3.50. The van der Waals surface area contributed by atoms with Crippen LogP contribution in [0.3, 0.4) is 0 Å². The summed E-state index contributed by atoms with van der Waals surface area (Å²) < 4.78 is 0. The largest absolute Gasteiger partial charge is 0.380 e. The van der Waals surface area contributed by atoms with Crippen LogP contribution in [-0.2, 0) is 6.42 Å². The van der Waals surface area contributed by atoms with Crippen LogP contribution < -0.4 is 5.32 Å². The van der Waals surface area contributed by atoms with Crippen molar-refractivity contribution in [3.05, 3.63) is 76.1 Å². The SMILES string of the molecule is C=C(NCCCc1ccccc1)SC(C)=N/C=C(\C)c1cccs1.CC. The summed E-state index contributed by atoms with van der Waals surface area (Å²) in [5.41, 5.74) is 2.57. The Kier molecular flexibility index (Phi) is 11.5. The molecule has 1 aromatic carbocycles. The van der Waals surface area contributed by atoms with E-state index in [4.69, 9.17) is 0 Å². The predicted molar refractivity (Wildman–Crippen MR) is 122 cm³/mol. The standard InChI is InChI=1S/C20H24N2S2.C2H6/c1-16(20-12-8-14-23-20)15-22-18(3)24-17(2)21-13-7-11-19-9-5-4-6-10-19;1-2/h4-6,8-10,12,14-15,21H,2,7,11,13H2,1,3H3;1-2H3/b16-15+,22-18?;. The van der Waals surface area contributed by atoms with Gasteiger partial charge in [0.1, 0.15) is 0 Å². The van der Waals surface area contributed by atoms with E-state index in [1.54, 1.807) is 23.1 Å². The Morgan fingerprint density at radius 1 is 1.15 bits per heavy atom. The van der Waals surface area contributed by atoms with E-state index in [0.717, 1.165) is 29.5 Å². The van der Waals surface area contributed by atoms with Gasteiger partial charge >= 0.3 is 0 Å². The molecule has 0 spiro atoms. The normalized spacial score (nSPS) is 11.5. The average molecular weight is 387 g/mol. The maximum Gasteiger partial charge on any atom is 0.0761 e. The van der Waals surface area contributed by atoms with Crippen LogP contribution in [0.5, 0.6) is 0 Å². The molecule has 26 heavy (non-hydrogen) atoms. The van der Waals surface area contributed by atoms with E-state index in [-0.39, 0.29) is 0 Å². The highest BCUT2D eigenvalue weighted by Gasteiger charge is 1.99. The van der Waals surface area contributed by atoms with Crippen molar-refractivity contribution in [3.8, 4) is 0 Å². The lowest BCUT2D eigenvalue weighted by Crippen LogP contribution is -2.13. The molecule has 1 N–H and O–H groups in total. The molecule has 2 aromatic rings. The molecule has 0 bridgehead atoms. The Balaban J connectivity index is 0.00000163. The number of rotatable bonds is 8. The van der Waals surface area contributed by atoms with Crippen LogP contribution in [0.15, 0.2) is 70.6 Å². The van der Waals surface area contributed by atoms with Gasteiger partial charge in [-0.15, -0.1) is 11.3 Å². The van der Waals surface area contributed by atoms with Crippen molar-refractivity contribution in [1.82, 2.24) is 5.32 Å². The second-order valence-electron chi connectivity index (χ2n) is 5.48. The van der Waals surface area contributed by atoms with Gasteiger partial charge in [-0.2, -0.15) is 0 Å². The molecule has 0 atom stereocenters. The summed E-state index contributed by atoms with van der Waals surface area (Å²) in [5, 5.41) is 7.39. The maximum absolute atomic E-state index is 4.52. The van der Waals surface area contributed by atoms with E-state index in [9.17, 15) is 0 Å². The van der Waals surface area contributed by atoms with Crippen molar-refractivity contribution in [2.75, 3.05) is 6.54 Å². The maximum atomic E-state index is 4.52. The van der Waals surface area contributed by atoms with Gasteiger partial charge in [-0.3, -0.25) is 4.99 Å². The van der Waals surface area contributed by atoms with Crippen molar-refractivity contribution in [3.63, 3.8) is 0 Å². The summed E-state index contributed by atoms with van der Waals surface area (Å²) in [6, 6.07) is 14.7. The van der Waals surface area contributed by atoms with Gasteiger partial charge in [-0.1, -0.05) is 68.6 Å². The molecule has 0 saturated heterocycles. The van der Waals surface area contributed by atoms with Crippen LogP contribution >= 0.6 is 23.1 Å². The molecule has 140 valence electrons. The number of hydrogen-bond acceptors (Lipinski definition) is 4. The Morgan fingerprint density at radius 3 is 2.54 bits per heavy atom. The van der Waals surface area contributed by atoms with E-state index in [1.165, 1.54) is 16.0 Å². The summed E-state index contributed by atoms with van der Waals surface area (Å²) in [5.74, 6) is 0. The second-order valence-corrected chi connectivity index (χ2v) is 7.71. The average Bonchev–Trinajstić information content (AvgIpc) is 3.21. The number of aliphatic imine (C=N–C) groups is 1. The molecule has 1 heterocycles. The van der Waals surface area contributed by atoms with Crippen molar-refractivity contribution >= 4 is 33.7 Å². The van der Waals surface area contributed by atoms with E-state index in [1.807, 2.05) is 27.0 Å². The third-order valence-electron chi connectivity index (χ3n) is 3.43. The zero-order chi connectivity index (χ0) is 19.2. The minimum absolute atomic E-state index is 0.929. The Labute approximate surface area is 167 Å². The summed E-state index contributed by atoms with van der Waals surface area (Å²) in [6.45, 7) is 13.1. The summed E-state index contributed by atoms with van der Waals surface area (Å²) in [6.07, 6.45) is 4.11. The molecule has 0 aliphatic carbocycles. The smallest absolute Gasteiger partial charge is 0.0761 e. The fraction of sp³-hybridized carbons (Fsp3) is 0.318. The molecule has 0 saturated carbocycles. The number of thiophene rings is 1. The minimum atomic E-state index is 0.929. The van der Waals surface area contributed by atoms with Gasteiger partial charge in [0, 0.05) is 17.6 Å². The lowest BCUT2D eigenvalue weighted by molar-refractivity contribution is 0.747. The summed E-state index contributed by atoms with van der Waals surface area (Å²) >= 11 is 3.32. The monoisotopic (exact) mass is 386 g/mol. The molecule has 2 rings (SSSR count). The first-order valence-electron chi connectivity index (χ1n) is 9.05. The van der Waals surface area contributed by atoms with Crippen LogP contribution in [0.25, 0.3) is 5.57 Å². The lowest BCUT2D eigenvalue weighted by atomic mass is 10.1. The minimum Gasteiger partial charge on any atom is -0.380 e. The number of hydrogen-bond donors (Lipinski definition) is 1. The first-order valence-corrected chi connectivity index (χ1v) is 10.7. The third kappa shape index (κ3) is 9.07. The van der Waals surface area contributed by atoms with Crippen molar-refractivity contribution in [2.24, 2.45) is 4.99 Å². The van der Waals surface area contributed by atoms with Gasteiger partial charge < -0.3 is 5.32 Å². The van der Waals surface area contributed by atoms with Crippen LogP contribution in [-0.4, -0.2) is 11.6 Å². The van der Waals surface area contributed by atoms with Crippen molar-refractivity contribution < 1.29 is 0 Å². The number of nitrogens with zero attached hydrogens (tertiary/aromatic N) is 1. The quantitative estimate of drug-likeness (QED) is 0.301. The molecule has 0 radical (unpaired) electrons. The molecule has 0 unspecified atom stereocenters. The van der Waals surface area contributed by atoms with Crippen LogP contribution in [0.4, 0.5) is 0 Å². The van der Waals surface area contributed by atoms with Gasteiger partial charge in [0.05, 0.1) is 10.1 Å². The molecule has 0 aliphatic heterocycles. The second kappa shape index (κ2) is 13.4. The van der Waals surface area contributed by atoms with E-state index < -0.39 is 0 Å². The Bertz CT molecular complexity index is 686. The predicted octanol–water partition coefficient (Wildman–Crippen LogP) is 6.98. The van der Waals surface area contributed by atoms with Crippen molar-refractivity contribution in [1.29, 1.82) is 0 Å². The molecule has 1 aromatic heterocycles. The first kappa shape index (κ1) is 22.3. The molecule has 2 nitrogen and oxygen atoms in total. The lowest BCUT2D eigenvalue weighted by Gasteiger charge is -2.08. The molecular formula is C22H30N2S2. The summed E-state index contributed by atoms with van der Waals surface area (Å²) in [4.78, 5) is 5.78. The van der Waals surface area contributed by atoms with Crippen molar-refractivity contribution in [2.45, 2.75) is 40.5 Å². The number of nitrogens with one attached hydrogen (secondary N) is 1. The number of allylic oxidation sites excluding steroid dienone is 1. The zero-order valence-electron chi connectivity index (χ0n) is 16.3. The molecular weight excluding hydrogens is 356 g/mol. The highest BCUT2D eigenvalue weighted by atomic mass is 32.2. The zero-order valence-corrected chi connectivity index (χ0v) is 17.9. The number of thioether (sulfide) groups is 1. The van der Waals surface area contributed by atoms with Crippen LogP contribution in [0.1, 0.15) is 44.6 Å². The fourth-order valence-electron chi connectivity index (χ4n) is 2.16. The van der Waals surface area contributed by atoms with E-state index in [2.05, 4.69) is 71.7 Å². The summed E-state index contributed by atoms with van der Waals surface area (Å²) in [7, 11) is 0. The van der Waals surface area contributed by atoms with Crippen LogP contribution in [0, 0.1) is 0 Å². The number of aryl methyl sites for hydroxylation is 1. The van der Waals surface area contributed by atoms with Gasteiger partial charge in [-0.25, -0.2) is 0 Å². The molecule has 0 aliphatic rings. The third-order valence-corrected chi connectivity index (χ3v) is 5.22. The first-order chi connectivity index (χ1) is 12.6. The molecule has 0 amide bonds. The molecule has 0 fully saturated rings. The van der Waals surface area contributed by atoms with E-state index >= 15 is 0 Å².